The highest BCUT2D eigenvalue weighted by Gasteiger charge is 2.58. The van der Waals surface area contributed by atoms with E-state index in [4.69, 9.17) is 18.9 Å². The largest absolute Gasteiger partial charge is 0.350 e. The molecule has 27 heavy (non-hydrogen) atoms. The first kappa shape index (κ1) is 18.9. The molecule has 0 saturated carbocycles. The lowest BCUT2D eigenvalue weighted by atomic mass is 9.78. The van der Waals surface area contributed by atoms with E-state index in [1.54, 1.807) is 0 Å². The predicted octanol–water partition coefficient (Wildman–Crippen LogP) is 2.71. The average molecular weight is 375 g/mol. The first-order valence-electron chi connectivity index (χ1n) is 9.74. The van der Waals surface area contributed by atoms with Crippen molar-refractivity contribution in [3.05, 3.63) is 35.9 Å². The quantitative estimate of drug-likeness (QED) is 0.758. The number of nitrogens with zero attached hydrogens (tertiary/aromatic N) is 1. The smallest absolute Gasteiger partial charge is 0.231 e. The zero-order chi connectivity index (χ0) is 19.2. The third kappa shape index (κ3) is 3.76. The van der Waals surface area contributed by atoms with Crippen LogP contribution in [0.15, 0.2) is 30.3 Å². The Balaban J connectivity index is 1.56. The number of likely N-dealkylation sites (tertiary alicyclic amines) is 1. The van der Waals surface area contributed by atoms with Gasteiger partial charge in [0.2, 0.25) is 5.91 Å². The van der Waals surface area contributed by atoms with Crippen LogP contribution in [-0.4, -0.2) is 53.8 Å². The van der Waals surface area contributed by atoms with Crippen LogP contribution in [-0.2, 0) is 30.3 Å². The highest BCUT2D eigenvalue weighted by molar-refractivity contribution is 5.87. The van der Waals surface area contributed by atoms with Gasteiger partial charge in [-0.1, -0.05) is 30.3 Å². The number of ether oxygens (including phenoxy) is 4. The molecular weight excluding hydrogens is 346 g/mol. The van der Waals surface area contributed by atoms with E-state index in [0.29, 0.717) is 19.8 Å². The number of β-lactam (4-membered cyclic amide) rings is 1. The van der Waals surface area contributed by atoms with Gasteiger partial charge < -0.3 is 23.8 Å². The summed E-state index contributed by atoms with van der Waals surface area (Å²) in [5.74, 6) is -1.42. The Hall–Kier alpha value is -1.47. The van der Waals surface area contributed by atoms with Crippen molar-refractivity contribution in [1.82, 2.24) is 4.90 Å². The van der Waals surface area contributed by atoms with Crippen molar-refractivity contribution in [3.63, 3.8) is 0 Å². The molecule has 0 spiro atoms. The van der Waals surface area contributed by atoms with Gasteiger partial charge in [-0.2, -0.15) is 0 Å². The van der Waals surface area contributed by atoms with Crippen molar-refractivity contribution < 1.29 is 23.7 Å². The van der Waals surface area contributed by atoms with Gasteiger partial charge in [0.1, 0.15) is 0 Å². The van der Waals surface area contributed by atoms with Crippen LogP contribution >= 0.6 is 0 Å². The standard InChI is InChI=1S/C21H29NO5/c1-20(2)24-11-10-15(26-20)18-17(16-13-25-21(3,4)27-16)19(23)22(18)12-14-8-6-5-7-9-14/h5-9,15-18H,10-13H2,1-4H3/t15-,16+,17-,18-/m0/s1. The lowest BCUT2D eigenvalue weighted by Gasteiger charge is -2.54. The summed E-state index contributed by atoms with van der Waals surface area (Å²) < 4.78 is 23.7. The van der Waals surface area contributed by atoms with Gasteiger partial charge in [-0.05, 0) is 39.7 Å². The van der Waals surface area contributed by atoms with Gasteiger partial charge in [-0.25, -0.2) is 0 Å². The number of amides is 1. The summed E-state index contributed by atoms with van der Waals surface area (Å²) in [4.78, 5) is 15.0. The van der Waals surface area contributed by atoms with Crippen LogP contribution in [0.2, 0.25) is 0 Å². The third-order valence-electron chi connectivity index (χ3n) is 5.59. The van der Waals surface area contributed by atoms with Crippen LogP contribution in [0, 0.1) is 5.92 Å². The summed E-state index contributed by atoms with van der Waals surface area (Å²) in [6, 6.07) is 10.0. The number of hydrogen-bond acceptors (Lipinski definition) is 5. The maximum Gasteiger partial charge on any atom is 0.231 e. The summed E-state index contributed by atoms with van der Waals surface area (Å²) in [7, 11) is 0. The molecule has 0 unspecified atom stereocenters. The van der Waals surface area contributed by atoms with Crippen molar-refractivity contribution in [2.24, 2.45) is 5.92 Å². The first-order chi connectivity index (χ1) is 12.8. The van der Waals surface area contributed by atoms with Gasteiger partial charge in [-0.3, -0.25) is 4.79 Å². The van der Waals surface area contributed by atoms with E-state index in [-0.39, 0.29) is 30.1 Å². The van der Waals surface area contributed by atoms with Crippen LogP contribution in [0.5, 0.6) is 0 Å². The lowest BCUT2D eigenvalue weighted by Crippen LogP contribution is -2.70. The van der Waals surface area contributed by atoms with Crippen molar-refractivity contribution in [1.29, 1.82) is 0 Å². The maximum atomic E-state index is 13.1. The first-order valence-corrected chi connectivity index (χ1v) is 9.74. The molecule has 3 saturated heterocycles. The molecule has 1 aromatic rings. The fourth-order valence-corrected chi connectivity index (χ4v) is 4.38. The van der Waals surface area contributed by atoms with E-state index < -0.39 is 11.6 Å². The molecule has 3 aliphatic heterocycles. The summed E-state index contributed by atoms with van der Waals surface area (Å²) in [6.45, 7) is 9.28. The number of carbonyl (C=O) groups is 1. The van der Waals surface area contributed by atoms with Crippen LogP contribution < -0.4 is 0 Å². The predicted molar refractivity (Wildman–Crippen MR) is 98.7 cm³/mol. The van der Waals surface area contributed by atoms with Crippen LogP contribution in [0.4, 0.5) is 0 Å². The van der Waals surface area contributed by atoms with Gasteiger partial charge in [0.05, 0.1) is 37.4 Å². The molecule has 0 N–H and O–H groups in total. The second kappa shape index (κ2) is 6.85. The van der Waals surface area contributed by atoms with Crippen molar-refractivity contribution in [2.45, 2.75) is 70.5 Å². The second-order valence-corrected chi connectivity index (χ2v) is 8.53. The van der Waals surface area contributed by atoms with Gasteiger partial charge in [0.25, 0.3) is 0 Å². The van der Waals surface area contributed by atoms with Crippen LogP contribution in [0.1, 0.15) is 39.7 Å². The molecule has 0 bridgehead atoms. The Morgan fingerprint density at radius 2 is 1.67 bits per heavy atom. The Morgan fingerprint density at radius 3 is 2.30 bits per heavy atom. The van der Waals surface area contributed by atoms with Gasteiger partial charge in [0, 0.05) is 6.54 Å². The molecule has 4 atom stereocenters. The molecule has 3 fully saturated rings. The molecule has 0 aromatic heterocycles. The zero-order valence-corrected chi connectivity index (χ0v) is 16.5. The van der Waals surface area contributed by atoms with Crippen molar-refractivity contribution in [3.8, 4) is 0 Å². The van der Waals surface area contributed by atoms with Gasteiger partial charge in [0.15, 0.2) is 11.6 Å². The fourth-order valence-electron chi connectivity index (χ4n) is 4.38. The minimum absolute atomic E-state index is 0.0385. The van der Waals surface area contributed by atoms with E-state index in [1.165, 1.54) is 0 Å². The number of benzene rings is 1. The van der Waals surface area contributed by atoms with Crippen molar-refractivity contribution >= 4 is 5.91 Å². The molecule has 4 rings (SSSR count). The number of rotatable bonds is 4. The highest BCUT2D eigenvalue weighted by atomic mass is 16.7. The van der Waals surface area contributed by atoms with Crippen LogP contribution in [0.3, 0.4) is 0 Å². The molecule has 0 aliphatic carbocycles. The molecule has 1 aromatic carbocycles. The molecule has 1 amide bonds. The zero-order valence-electron chi connectivity index (χ0n) is 16.5. The third-order valence-corrected chi connectivity index (χ3v) is 5.59. The monoisotopic (exact) mass is 375 g/mol. The Labute approximate surface area is 160 Å². The molecule has 0 radical (unpaired) electrons. The van der Waals surface area contributed by atoms with E-state index in [1.807, 2.05) is 62.9 Å². The molecule has 148 valence electrons. The topological polar surface area (TPSA) is 57.2 Å². The van der Waals surface area contributed by atoms with Crippen LogP contribution in [0.25, 0.3) is 0 Å². The minimum Gasteiger partial charge on any atom is -0.350 e. The van der Waals surface area contributed by atoms with Gasteiger partial charge >= 0.3 is 0 Å². The fraction of sp³-hybridized carbons (Fsp3) is 0.667. The normalized spacial score (nSPS) is 35.1. The summed E-state index contributed by atoms with van der Waals surface area (Å²) in [5, 5.41) is 0. The Kier molecular flexibility index (Phi) is 4.79. The molecular formula is C21H29NO5. The molecule has 3 heterocycles. The Morgan fingerprint density at radius 1 is 1.00 bits per heavy atom. The lowest BCUT2D eigenvalue weighted by molar-refractivity contribution is -0.294. The van der Waals surface area contributed by atoms with E-state index >= 15 is 0 Å². The Bertz CT molecular complexity index is 689. The van der Waals surface area contributed by atoms with E-state index in [0.717, 1.165) is 12.0 Å². The molecule has 6 nitrogen and oxygen atoms in total. The SMILES string of the molecule is CC1(C)OCC[C@@H]([C@H]2[C@H]([C@H]3COC(C)(C)O3)C(=O)N2Cc2ccccc2)O1. The van der Waals surface area contributed by atoms with Gasteiger partial charge in [-0.15, -0.1) is 0 Å². The maximum absolute atomic E-state index is 13.1. The number of carbonyl (C=O) groups excluding carboxylic acids is 1. The summed E-state index contributed by atoms with van der Waals surface area (Å²) in [6.07, 6.45) is 0.451. The highest BCUT2D eigenvalue weighted by Crippen LogP contribution is 2.42. The summed E-state index contributed by atoms with van der Waals surface area (Å²) >= 11 is 0. The van der Waals surface area contributed by atoms with Crippen molar-refractivity contribution in [2.75, 3.05) is 13.2 Å². The second-order valence-electron chi connectivity index (χ2n) is 8.53. The minimum atomic E-state index is -0.648. The summed E-state index contributed by atoms with van der Waals surface area (Å²) in [5.41, 5.74) is 1.12. The average Bonchev–Trinajstić information content (AvgIpc) is 2.96. The number of hydrogen-bond donors (Lipinski definition) is 0. The van der Waals surface area contributed by atoms with E-state index in [9.17, 15) is 4.79 Å². The van der Waals surface area contributed by atoms with E-state index in [2.05, 4.69) is 0 Å². The molecule has 3 aliphatic rings. The molecule has 6 heteroatoms.